The molecule has 0 spiro atoms. The molecule has 0 aliphatic carbocycles. The first-order valence-corrected chi connectivity index (χ1v) is 9.33. The summed E-state index contributed by atoms with van der Waals surface area (Å²) in [4.78, 5) is 37.0. The van der Waals surface area contributed by atoms with Crippen molar-refractivity contribution >= 4 is 40.9 Å². The average Bonchev–Trinajstić information content (AvgIpc) is 3.25. The zero-order valence-electron chi connectivity index (χ0n) is 13.2. The van der Waals surface area contributed by atoms with Crippen molar-refractivity contribution in [2.75, 3.05) is 24.7 Å². The average molecular weight is 385 g/mol. The summed E-state index contributed by atoms with van der Waals surface area (Å²) in [5, 5.41) is 17.2. The third-order valence-electron chi connectivity index (χ3n) is 4.23. The largest absolute Gasteiger partial charge is 0.348 e. The summed E-state index contributed by atoms with van der Waals surface area (Å²) in [7, 11) is 0. The minimum atomic E-state index is -0.616. The molecule has 2 saturated heterocycles. The number of nitro groups is 1. The van der Waals surface area contributed by atoms with Crippen molar-refractivity contribution in [3.05, 3.63) is 38.9 Å². The number of nitrogens with zero attached hydrogens (tertiary/aromatic N) is 2. The number of carbonyl (C=O) groups excluding carboxylic acids is 2. The molecule has 0 bridgehead atoms. The lowest BCUT2D eigenvalue weighted by atomic mass is 10.1. The molecule has 8 nitrogen and oxygen atoms in total. The van der Waals surface area contributed by atoms with Crippen LogP contribution in [0.3, 0.4) is 0 Å². The van der Waals surface area contributed by atoms with E-state index in [1.54, 1.807) is 16.7 Å². The topological polar surface area (TPSA) is 105 Å². The predicted molar refractivity (Wildman–Crippen MR) is 94.8 cm³/mol. The second-order valence-corrected chi connectivity index (χ2v) is 7.44. The summed E-state index contributed by atoms with van der Waals surface area (Å²) < 4.78 is 0. The number of hydrogen-bond donors (Lipinski definition) is 2. The first-order valence-electron chi connectivity index (χ1n) is 7.80. The van der Waals surface area contributed by atoms with Gasteiger partial charge in [0.05, 0.1) is 16.8 Å². The van der Waals surface area contributed by atoms with Gasteiger partial charge in [-0.25, -0.2) is 0 Å². The Morgan fingerprint density at radius 2 is 2.24 bits per heavy atom. The zero-order valence-corrected chi connectivity index (χ0v) is 14.8. The van der Waals surface area contributed by atoms with Gasteiger partial charge in [0.2, 0.25) is 5.91 Å². The molecule has 2 aliphatic heterocycles. The van der Waals surface area contributed by atoms with Gasteiger partial charge in [0, 0.05) is 36.0 Å². The highest BCUT2D eigenvalue weighted by atomic mass is 35.5. The Labute approximate surface area is 153 Å². The number of amides is 2. The van der Waals surface area contributed by atoms with E-state index in [0.717, 1.165) is 12.3 Å². The van der Waals surface area contributed by atoms with Gasteiger partial charge in [-0.2, -0.15) is 0 Å². The van der Waals surface area contributed by atoms with E-state index >= 15 is 0 Å². The molecule has 3 rings (SSSR count). The number of rotatable bonds is 4. The standard InChI is InChI=1S/C15H17ClN4O4S/c16-9-1-2-13(20(23)24)11(5-9)14(21)18-10-6-12(17-7-10)15(22)19-3-4-25-8-19/h1-2,5,10,12,17H,3-4,6-8H2,(H,18,21)/t10-,12-/m0/s1. The van der Waals surface area contributed by atoms with Crippen LogP contribution in [0.4, 0.5) is 5.69 Å². The maximum atomic E-state index is 12.4. The minimum absolute atomic E-state index is 0.0375. The van der Waals surface area contributed by atoms with Gasteiger partial charge in [0.25, 0.3) is 11.6 Å². The third kappa shape index (κ3) is 4.05. The lowest BCUT2D eigenvalue weighted by molar-refractivity contribution is -0.385. The maximum absolute atomic E-state index is 12.4. The smallest absolute Gasteiger partial charge is 0.282 e. The first kappa shape index (κ1) is 18.0. The van der Waals surface area contributed by atoms with Crippen LogP contribution < -0.4 is 10.6 Å². The lowest BCUT2D eigenvalue weighted by Gasteiger charge is -2.19. The second-order valence-electron chi connectivity index (χ2n) is 5.92. The molecule has 2 amide bonds. The van der Waals surface area contributed by atoms with Crippen LogP contribution in [0.5, 0.6) is 0 Å². The normalized spacial score (nSPS) is 22.8. The molecule has 25 heavy (non-hydrogen) atoms. The molecular formula is C15H17ClN4O4S. The fourth-order valence-corrected chi connectivity index (χ4v) is 4.08. The summed E-state index contributed by atoms with van der Waals surface area (Å²) in [6.07, 6.45) is 0.458. The van der Waals surface area contributed by atoms with Crippen LogP contribution in [0, 0.1) is 10.1 Å². The van der Waals surface area contributed by atoms with E-state index in [2.05, 4.69) is 10.6 Å². The van der Waals surface area contributed by atoms with Gasteiger partial charge in [0.1, 0.15) is 5.56 Å². The summed E-state index contributed by atoms with van der Waals surface area (Å²) in [5.41, 5.74) is -0.377. The van der Waals surface area contributed by atoms with Gasteiger partial charge in [-0.05, 0) is 18.6 Å². The van der Waals surface area contributed by atoms with Crippen molar-refractivity contribution in [3.63, 3.8) is 0 Å². The first-order chi connectivity index (χ1) is 12.0. The van der Waals surface area contributed by atoms with E-state index in [4.69, 9.17) is 11.6 Å². The number of nitrogens with one attached hydrogen (secondary N) is 2. The van der Waals surface area contributed by atoms with Gasteiger partial charge in [0.15, 0.2) is 0 Å². The third-order valence-corrected chi connectivity index (χ3v) is 5.43. The molecule has 2 aliphatic rings. The summed E-state index contributed by atoms with van der Waals surface area (Å²) in [5.74, 6) is 1.11. The predicted octanol–water partition coefficient (Wildman–Crippen LogP) is 1.24. The Morgan fingerprint density at radius 3 is 2.92 bits per heavy atom. The molecule has 0 aromatic heterocycles. The summed E-state index contributed by atoms with van der Waals surface area (Å²) >= 11 is 7.57. The number of nitro benzene ring substituents is 1. The molecule has 2 fully saturated rings. The Balaban J connectivity index is 1.63. The van der Waals surface area contributed by atoms with Gasteiger partial charge in [-0.1, -0.05) is 11.6 Å². The summed E-state index contributed by atoms with van der Waals surface area (Å²) in [6.45, 7) is 1.19. The van der Waals surface area contributed by atoms with Crippen molar-refractivity contribution in [1.29, 1.82) is 0 Å². The van der Waals surface area contributed by atoms with E-state index in [1.807, 2.05) is 0 Å². The highest BCUT2D eigenvalue weighted by molar-refractivity contribution is 7.99. The van der Waals surface area contributed by atoms with Crippen molar-refractivity contribution in [3.8, 4) is 0 Å². The Morgan fingerprint density at radius 1 is 1.44 bits per heavy atom. The van der Waals surface area contributed by atoms with Crippen molar-refractivity contribution in [2.24, 2.45) is 0 Å². The zero-order chi connectivity index (χ0) is 18.0. The molecular weight excluding hydrogens is 368 g/mol. The van der Waals surface area contributed by atoms with Crippen LogP contribution in [-0.4, -0.2) is 58.4 Å². The Kier molecular flexibility index (Phi) is 5.45. The highest BCUT2D eigenvalue weighted by Gasteiger charge is 2.34. The molecule has 0 radical (unpaired) electrons. The van der Waals surface area contributed by atoms with Crippen LogP contribution in [-0.2, 0) is 4.79 Å². The van der Waals surface area contributed by atoms with E-state index in [-0.39, 0.29) is 34.3 Å². The number of carbonyl (C=O) groups is 2. The number of benzene rings is 1. The van der Waals surface area contributed by atoms with E-state index in [9.17, 15) is 19.7 Å². The van der Waals surface area contributed by atoms with Crippen LogP contribution in [0.2, 0.25) is 5.02 Å². The van der Waals surface area contributed by atoms with Crippen LogP contribution >= 0.6 is 23.4 Å². The van der Waals surface area contributed by atoms with E-state index < -0.39 is 10.8 Å². The van der Waals surface area contributed by atoms with Gasteiger partial charge < -0.3 is 15.5 Å². The number of hydrogen-bond acceptors (Lipinski definition) is 6. The Bertz CT molecular complexity index is 711. The second kappa shape index (κ2) is 7.59. The number of thioether (sulfide) groups is 1. The van der Waals surface area contributed by atoms with E-state index in [1.165, 1.54) is 18.2 Å². The minimum Gasteiger partial charge on any atom is -0.348 e. The lowest BCUT2D eigenvalue weighted by Crippen LogP contribution is -2.42. The van der Waals surface area contributed by atoms with Gasteiger partial charge in [-0.15, -0.1) is 11.8 Å². The molecule has 1 aromatic rings. The van der Waals surface area contributed by atoms with Crippen molar-refractivity contribution < 1.29 is 14.5 Å². The fourth-order valence-electron chi connectivity index (χ4n) is 2.95. The Hall–Kier alpha value is -1.84. The molecule has 1 aromatic carbocycles. The summed E-state index contributed by atoms with van der Waals surface area (Å²) in [6, 6.07) is 3.26. The molecule has 2 atom stereocenters. The molecule has 2 heterocycles. The monoisotopic (exact) mass is 384 g/mol. The van der Waals surface area contributed by atoms with Crippen LogP contribution in [0.25, 0.3) is 0 Å². The SMILES string of the molecule is O=C(N[C@@H]1CN[C@H](C(=O)N2CCSC2)C1)c1cc(Cl)ccc1[N+](=O)[O-]. The van der Waals surface area contributed by atoms with E-state index in [0.29, 0.717) is 18.8 Å². The molecule has 0 saturated carbocycles. The van der Waals surface area contributed by atoms with Crippen LogP contribution in [0.1, 0.15) is 16.8 Å². The maximum Gasteiger partial charge on any atom is 0.282 e. The highest BCUT2D eigenvalue weighted by Crippen LogP contribution is 2.23. The number of halogens is 1. The van der Waals surface area contributed by atoms with Gasteiger partial charge >= 0.3 is 0 Å². The molecule has 10 heteroatoms. The molecule has 0 unspecified atom stereocenters. The van der Waals surface area contributed by atoms with Gasteiger partial charge in [-0.3, -0.25) is 19.7 Å². The molecule has 134 valence electrons. The van der Waals surface area contributed by atoms with Crippen LogP contribution in [0.15, 0.2) is 18.2 Å². The fraction of sp³-hybridized carbons (Fsp3) is 0.467. The quantitative estimate of drug-likeness (QED) is 0.597. The van der Waals surface area contributed by atoms with Crippen molar-refractivity contribution in [1.82, 2.24) is 15.5 Å². The molecule has 2 N–H and O–H groups in total. The van der Waals surface area contributed by atoms with Crippen molar-refractivity contribution in [2.45, 2.75) is 18.5 Å².